The van der Waals surface area contributed by atoms with Crippen molar-refractivity contribution in [3.63, 3.8) is 0 Å². The minimum atomic E-state index is -0.880. The molecule has 0 heterocycles. The number of carboxylic acid groups (broad SMARTS) is 2. The molecule has 2 fully saturated rings. The predicted octanol–water partition coefficient (Wildman–Crippen LogP) is 2.30. The minimum Gasteiger partial charge on any atom is -0.550 e. The van der Waals surface area contributed by atoms with Gasteiger partial charge in [0, 0.05) is 11.9 Å². The second kappa shape index (κ2) is 13.9. The van der Waals surface area contributed by atoms with Crippen LogP contribution in [0.5, 0.6) is 0 Å². The molecular weight excluding hydrogens is 329 g/mol. The van der Waals surface area contributed by atoms with Crippen LogP contribution in [0.1, 0.15) is 90.9 Å². The molecule has 0 atom stereocenters. The number of hydrogen-bond acceptors (Lipinski definition) is 4. The summed E-state index contributed by atoms with van der Waals surface area (Å²) < 4.78 is 0. The van der Waals surface area contributed by atoms with E-state index in [1.165, 1.54) is 38.5 Å². The van der Waals surface area contributed by atoms with Gasteiger partial charge in [0.15, 0.2) is 0 Å². The molecule has 0 unspecified atom stereocenters. The summed E-state index contributed by atoms with van der Waals surface area (Å²) in [7, 11) is 0. The molecule has 2 aliphatic rings. The summed E-state index contributed by atoms with van der Waals surface area (Å²) >= 11 is 0. The van der Waals surface area contributed by atoms with Gasteiger partial charge in [0.25, 0.3) is 0 Å². The molecule has 2 aliphatic carbocycles. The van der Waals surface area contributed by atoms with Crippen LogP contribution in [0.4, 0.5) is 0 Å². The number of carbonyl (C=O) groups is 2. The predicted molar refractivity (Wildman–Crippen MR) is 96.5 cm³/mol. The molecule has 25 heavy (non-hydrogen) atoms. The van der Waals surface area contributed by atoms with Crippen molar-refractivity contribution in [1.29, 1.82) is 0 Å². The van der Waals surface area contributed by atoms with Gasteiger partial charge in [-0.1, -0.05) is 52.4 Å². The number of hydrogen-bond donors (Lipinski definition) is 0. The Hall–Kier alpha value is -0.294. The number of carbonyl (C=O) groups excluding carboxylic acids is 2. The minimum absolute atomic E-state index is 0. The third-order valence-electron chi connectivity index (χ3n) is 6.00. The van der Waals surface area contributed by atoms with Crippen LogP contribution >= 0.6 is 0 Å². The summed E-state index contributed by atoms with van der Waals surface area (Å²) in [5.74, 6) is 0.742. The Morgan fingerprint density at radius 2 is 0.880 bits per heavy atom. The van der Waals surface area contributed by atoms with E-state index in [1.54, 1.807) is 0 Å². The standard InChI is InChI=1S/2C10H18O2.Mg/c2*1-2-8-3-5-9(6-4-8)7-10(11)12;/h2*8-9H,2-7H2,1H3,(H,11,12);/q;;+2/p-2. The molecule has 4 nitrogen and oxygen atoms in total. The van der Waals surface area contributed by atoms with Crippen LogP contribution in [0, 0.1) is 23.7 Å². The van der Waals surface area contributed by atoms with Crippen molar-refractivity contribution in [2.24, 2.45) is 23.7 Å². The van der Waals surface area contributed by atoms with Gasteiger partial charge in [-0.2, -0.15) is 0 Å². The molecule has 0 saturated heterocycles. The first kappa shape index (κ1) is 24.7. The summed E-state index contributed by atoms with van der Waals surface area (Å²) in [6.07, 6.45) is 12.3. The fourth-order valence-electron chi connectivity index (χ4n) is 4.16. The number of carboxylic acids is 2. The molecule has 0 spiro atoms. The van der Waals surface area contributed by atoms with Crippen LogP contribution in [0.25, 0.3) is 0 Å². The van der Waals surface area contributed by atoms with Crippen molar-refractivity contribution in [1.82, 2.24) is 0 Å². The molecule has 0 aromatic carbocycles. The zero-order valence-corrected chi connectivity index (χ0v) is 17.5. The maximum atomic E-state index is 10.3. The van der Waals surface area contributed by atoms with E-state index >= 15 is 0 Å². The summed E-state index contributed by atoms with van der Waals surface area (Å²) in [6, 6.07) is 0. The van der Waals surface area contributed by atoms with E-state index in [-0.39, 0.29) is 35.9 Å². The molecule has 2 rings (SSSR count). The van der Waals surface area contributed by atoms with E-state index in [4.69, 9.17) is 0 Å². The van der Waals surface area contributed by atoms with Gasteiger partial charge in [0.05, 0.1) is 0 Å². The van der Waals surface area contributed by atoms with Crippen LogP contribution in [0.15, 0.2) is 0 Å². The Bertz CT molecular complexity index is 334. The van der Waals surface area contributed by atoms with Gasteiger partial charge in [-0.25, -0.2) is 0 Å². The van der Waals surface area contributed by atoms with E-state index in [2.05, 4.69) is 13.8 Å². The summed E-state index contributed by atoms with van der Waals surface area (Å²) in [5.41, 5.74) is 0. The molecule has 0 N–H and O–H groups in total. The molecule has 5 heteroatoms. The van der Waals surface area contributed by atoms with Gasteiger partial charge < -0.3 is 19.8 Å². The summed E-state index contributed by atoms with van der Waals surface area (Å²) in [5, 5.41) is 20.6. The first-order valence-electron chi connectivity index (χ1n) is 9.84. The Morgan fingerprint density at radius 1 is 0.640 bits per heavy atom. The van der Waals surface area contributed by atoms with Crippen molar-refractivity contribution < 1.29 is 19.8 Å². The largest absolute Gasteiger partial charge is 2.00 e. The molecule has 0 aliphatic heterocycles. The van der Waals surface area contributed by atoms with Gasteiger partial charge in [0.2, 0.25) is 0 Å². The maximum absolute atomic E-state index is 10.3. The van der Waals surface area contributed by atoms with Crippen LogP contribution in [0.2, 0.25) is 0 Å². The van der Waals surface area contributed by atoms with Crippen LogP contribution in [0.3, 0.4) is 0 Å². The van der Waals surface area contributed by atoms with Gasteiger partial charge >= 0.3 is 23.1 Å². The van der Waals surface area contributed by atoms with Crippen molar-refractivity contribution >= 4 is 35.0 Å². The van der Waals surface area contributed by atoms with E-state index in [0.29, 0.717) is 11.8 Å². The molecule has 2 saturated carbocycles. The molecule has 0 aromatic rings. The Balaban J connectivity index is 0.000000443. The molecular formula is C20H34MgO4. The molecule has 140 valence electrons. The van der Waals surface area contributed by atoms with E-state index < -0.39 is 11.9 Å². The molecule has 0 bridgehead atoms. The maximum Gasteiger partial charge on any atom is 2.00 e. The van der Waals surface area contributed by atoms with Gasteiger partial charge in [-0.15, -0.1) is 0 Å². The van der Waals surface area contributed by atoms with E-state index in [9.17, 15) is 19.8 Å². The number of aliphatic carboxylic acids is 2. The fourth-order valence-corrected chi connectivity index (χ4v) is 4.16. The number of rotatable bonds is 6. The SMILES string of the molecule is CCC1CCC(CC(=O)[O-])CC1.CCC1CCC(CC(=O)[O-])CC1.[Mg+2]. The Labute approximate surface area is 169 Å². The first-order chi connectivity index (χ1) is 11.4. The normalized spacial score (nSPS) is 28.9. The monoisotopic (exact) mass is 362 g/mol. The van der Waals surface area contributed by atoms with Crippen molar-refractivity contribution in [2.75, 3.05) is 0 Å². The van der Waals surface area contributed by atoms with Gasteiger partial charge in [-0.3, -0.25) is 0 Å². The van der Waals surface area contributed by atoms with Crippen molar-refractivity contribution in [3.05, 3.63) is 0 Å². The van der Waals surface area contributed by atoms with Crippen molar-refractivity contribution in [3.8, 4) is 0 Å². The van der Waals surface area contributed by atoms with Crippen LogP contribution in [-0.2, 0) is 9.59 Å². The average molecular weight is 363 g/mol. The Morgan fingerprint density at radius 3 is 1.08 bits per heavy atom. The quantitative estimate of drug-likeness (QED) is 0.679. The third-order valence-corrected chi connectivity index (χ3v) is 6.00. The van der Waals surface area contributed by atoms with Crippen LogP contribution < -0.4 is 10.2 Å². The summed E-state index contributed by atoms with van der Waals surface area (Å²) in [4.78, 5) is 20.6. The van der Waals surface area contributed by atoms with Crippen LogP contribution in [-0.4, -0.2) is 35.0 Å². The summed E-state index contributed by atoms with van der Waals surface area (Å²) in [6.45, 7) is 4.42. The average Bonchev–Trinajstić information content (AvgIpc) is 2.56. The fraction of sp³-hybridized carbons (Fsp3) is 0.900. The first-order valence-corrected chi connectivity index (χ1v) is 9.84. The van der Waals surface area contributed by atoms with Crippen molar-refractivity contribution in [2.45, 2.75) is 90.9 Å². The third kappa shape index (κ3) is 11.1. The topological polar surface area (TPSA) is 80.3 Å². The van der Waals surface area contributed by atoms with E-state index in [0.717, 1.165) is 37.5 Å². The Kier molecular flexibility index (Phi) is 13.7. The second-order valence-corrected chi connectivity index (χ2v) is 7.74. The van der Waals surface area contributed by atoms with Gasteiger partial charge in [0.1, 0.15) is 0 Å². The van der Waals surface area contributed by atoms with E-state index in [1.807, 2.05) is 0 Å². The molecule has 0 amide bonds. The van der Waals surface area contributed by atoms with Gasteiger partial charge in [-0.05, 0) is 62.2 Å². The zero-order chi connectivity index (χ0) is 17.9. The zero-order valence-electron chi connectivity index (χ0n) is 16.1. The smallest absolute Gasteiger partial charge is 0.550 e. The second-order valence-electron chi connectivity index (χ2n) is 7.74. The molecule has 0 radical (unpaired) electrons. The molecule has 0 aromatic heterocycles.